The molecule has 0 bridgehead atoms. The maximum atomic E-state index is 4.38. The van der Waals surface area contributed by atoms with Crippen molar-refractivity contribution in [3.05, 3.63) is 15.9 Å². The van der Waals surface area contributed by atoms with Crippen molar-refractivity contribution in [1.29, 1.82) is 0 Å². The van der Waals surface area contributed by atoms with Gasteiger partial charge >= 0.3 is 0 Å². The lowest BCUT2D eigenvalue weighted by molar-refractivity contribution is 0.404. The van der Waals surface area contributed by atoms with Gasteiger partial charge in [0.05, 0.1) is 21.9 Å². The van der Waals surface area contributed by atoms with Crippen LogP contribution in [-0.2, 0) is 0 Å². The Morgan fingerprint density at radius 3 is 2.73 bits per heavy atom. The van der Waals surface area contributed by atoms with Gasteiger partial charge in [-0.25, -0.2) is 0 Å². The molecule has 2 N–H and O–H groups in total. The molecule has 0 amide bonds. The maximum Gasteiger partial charge on any atom is 0.0793 e. The van der Waals surface area contributed by atoms with Gasteiger partial charge < -0.3 is 5.32 Å². The number of aromatic nitrogens is 2. The monoisotopic (exact) mass is 271 g/mol. The molecule has 1 unspecified atom stereocenters. The maximum absolute atomic E-state index is 4.38. The van der Waals surface area contributed by atoms with Crippen LogP contribution < -0.4 is 5.32 Å². The Labute approximate surface area is 99.2 Å². The van der Waals surface area contributed by atoms with E-state index in [2.05, 4.69) is 45.3 Å². The average molecular weight is 272 g/mol. The molecular weight excluding hydrogens is 254 g/mol. The minimum absolute atomic E-state index is 0.452. The third-order valence-corrected chi connectivity index (χ3v) is 3.80. The Balaban J connectivity index is 2.20. The van der Waals surface area contributed by atoms with Crippen LogP contribution in [-0.4, -0.2) is 16.7 Å². The lowest BCUT2D eigenvalue weighted by Gasteiger charge is -2.22. The second-order valence-electron chi connectivity index (χ2n) is 4.49. The van der Waals surface area contributed by atoms with Crippen molar-refractivity contribution in [2.24, 2.45) is 0 Å². The number of hydrogen-bond donors (Lipinski definition) is 2. The van der Waals surface area contributed by atoms with Crippen molar-refractivity contribution in [2.75, 3.05) is 6.54 Å². The highest BCUT2D eigenvalue weighted by atomic mass is 79.9. The normalized spacial score (nSPS) is 22.3. The summed E-state index contributed by atoms with van der Waals surface area (Å²) in [5, 5.41) is 11.1. The van der Waals surface area contributed by atoms with E-state index in [0.717, 1.165) is 16.7 Å². The summed E-state index contributed by atoms with van der Waals surface area (Å²) >= 11 is 3.65. The van der Waals surface area contributed by atoms with Gasteiger partial charge in [-0.2, -0.15) is 5.10 Å². The van der Waals surface area contributed by atoms with Gasteiger partial charge in [0.15, 0.2) is 0 Å². The minimum atomic E-state index is 0.452. The predicted molar refractivity (Wildman–Crippen MR) is 65.0 cm³/mol. The van der Waals surface area contributed by atoms with E-state index in [1.807, 2.05) is 0 Å². The summed E-state index contributed by atoms with van der Waals surface area (Å²) in [6.07, 6.45) is 3.80. The number of rotatable bonds is 2. The fraction of sp³-hybridized carbons (Fsp3) is 0.727. The number of hydrogen-bond acceptors (Lipinski definition) is 2. The van der Waals surface area contributed by atoms with Gasteiger partial charge in [0.1, 0.15) is 0 Å². The number of piperidine rings is 1. The van der Waals surface area contributed by atoms with E-state index in [4.69, 9.17) is 0 Å². The van der Waals surface area contributed by atoms with Gasteiger partial charge in [-0.15, -0.1) is 0 Å². The Morgan fingerprint density at radius 2 is 2.20 bits per heavy atom. The van der Waals surface area contributed by atoms with E-state index in [-0.39, 0.29) is 0 Å². The van der Waals surface area contributed by atoms with Crippen LogP contribution in [0.5, 0.6) is 0 Å². The molecule has 1 aromatic rings. The summed E-state index contributed by atoms with van der Waals surface area (Å²) in [5.74, 6) is 0.466. The zero-order valence-corrected chi connectivity index (χ0v) is 10.9. The van der Waals surface area contributed by atoms with Crippen molar-refractivity contribution in [1.82, 2.24) is 15.5 Å². The summed E-state index contributed by atoms with van der Waals surface area (Å²) in [7, 11) is 0. The van der Waals surface area contributed by atoms with E-state index in [1.54, 1.807) is 0 Å². The number of nitrogens with zero attached hydrogens (tertiary/aromatic N) is 1. The standard InChI is InChI=1S/C11H18BrN3/c1-7(2)10-9(12)11(15-14-10)8-5-3-4-6-13-8/h7-8,13H,3-6H2,1-2H3,(H,14,15). The summed E-state index contributed by atoms with van der Waals surface area (Å²) in [6, 6.07) is 0.452. The summed E-state index contributed by atoms with van der Waals surface area (Å²) in [4.78, 5) is 0. The topological polar surface area (TPSA) is 40.7 Å². The lowest BCUT2D eigenvalue weighted by Crippen LogP contribution is -2.27. The van der Waals surface area contributed by atoms with E-state index in [1.165, 1.54) is 25.0 Å². The van der Waals surface area contributed by atoms with Crippen molar-refractivity contribution < 1.29 is 0 Å². The molecule has 0 spiro atoms. The average Bonchev–Trinajstić information content (AvgIpc) is 2.61. The highest BCUT2D eigenvalue weighted by molar-refractivity contribution is 9.10. The molecule has 0 saturated carbocycles. The quantitative estimate of drug-likeness (QED) is 0.868. The molecule has 2 rings (SSSR count). The smallest absolute Gasteiger partial charge is 0.0793 e. The Bertz CT molecular complexity index is 327. The van der Waals surface area contributed by atoms with Gasteiger partial charge in [-0.1, -0.05) is 20.3 Å². The van der Waals surface area contributed by atoms with Gasteiger partial charge in [0.25, 0.3) is 0 Å². The highest BCUT2D eigenvalue weighted by Crippen LogP contribution is 2.32. The second-order valence-corrected chi connectivity index (χ2v) is 5.29. The molecule has 1 aliphatic heterocycles. The van der Waals surface area contributed by atoms with Gasteiger partial charge in [0, 0.05) is 0 Å². The number of H-pyrrole nitrogens is 1. The molecule has 2 heterocycles. The van der Waals surface area contributed by atoms with Crippen molar-refractivity contribution in [3.63, 3.8) is 0 Å². The Kier molecular flexibility index (Phi) is 3.46. The Morgan fingerprint density at radius 1 is 1.40 bits per heavy atom. The SMILES string of the molecule is CC(C)c1n[nH]c(C2CCCCN2)c1Br. The lowest BCUT2D eigenvalue weighted by atomic mass is 10.0. The van der Waals surface area contributed by atoms with Gasteiger partial charge in [0.2, 0.25) is 0 Å². The third-order valence-electron chi connectivity index (χ3n) is 2.96. The van der Waals surface area contributed by atoms with Crippen LogP contribution in [0.1, 0.15) is 56.5 Å². The van der Waals surface area contributed by atoms with E-state index in [9.17, 15) is 0 Å². The number of halogens is 1. The molecule has 1 aromatic heterocycles. The van der Waals surface area contributed by atoms with Crippen LogP contribution in [0.4, 0.5) is 0 Å². The number of nitrogens with one attached hydrogen (secondary N) is 2. The highest BCUT2D eigenvalue weighted by Gasteiger charge is 2.22. The van der Waals surface area contributed by atoms with Crippen LogP contribution >= 0.6 is 15.9 Å². The zero-order valence-electron chi connectivity index (χ0n) is 9.31. The summed E-state index contributed by atoms with van der Waals surface area (Å²) in [6.45, 7) is 5.45. The van der Waals surface area contributed by atoms with Crippen molar-refractivity contribution in [3.8, 4) is 0 Å². The Hall–Kier alpha value is -0.350. The van der Waals surface area contributed by atoms with Crippen LogP contribution in [0.2, 0.25) is 0 Å². The molecule has 3 nitrogen and oxygen atoms in total. The molecule has 1 fully saturated rings. The van der Waals surface area contributed by atoms with Gasteiger partial charge in [-0.05, 0) is 41.2 Å². The fourth-order valence-electron chi connectivity index (χ4n) is 2.07. The van der Waals surface area contributed by atoms with Crippen LogP contribution in [0.3, 0.4) is 0 Å². The third kappa shape index (κ3) is 2.26. The first-order valence-corrected chi connectivity index (χ1v) is 6.46. The van der Waals surface area contributed by atoms with Crippen LogP contribution in [0.25, 0.3) is 0 Å². The fourth-order valence-corrected chi connectivity index (χ4v) is 2.98. The predicted octanol–water partition coefficient (Wildman–Crippen LogP) is 3.11. The summed E-state index contributed by atoms with van der Waals surface area (Å²) < 4.78 is 1.16. The van der Waals surface area contributed by atoms with Crippen LogP contribution in [0.15, 0.2) is 4.47 Å². The first kappa shape index (κ1) is 11.1. The summed E-state index contributed by atoms with van der Waals surface area (Å²) in [5.41, 5.74) is 2.36. The second kappa shape index (κ2) is 4.66. The molecule has 0 radical (unpaired) electrons. The largest absolute Gasteiger partial charge is 0.309 e. The number of aromatic amines is 1. The molecule has 1 aliphatic rings. The molecule has 0 aromatic carbocycles. The van der Waals surface area contributed by atoms with Crippen LogP contribution in [0, 0.1) is 0 Å². The van der Waals surface area contributed by atoms with E-state index >= 15 is 0 Å². The molecule has 4 heteroatoms. The van der Waals surface area contributed by atoms with Gasteiger partial charge in [-0.3, -0.25) is 5.10 Å². The minimum Gasteiger partial charge on any atom is -0.309 e. The zero-order chi connectivity index (χ0) is 10.8. The molecular formula is C11H18BrN3. The van der Waals surface area contributed by atoms with E-state index < -0.39 is 0 Å². The van der Waals surface area contributed by atoms with Crippen molar-refractivity contribution >= 4 is 15.9 Å². The molecule has 0 aliphatic carbocycles. The first-order chi connectivity index (χ1) is 7.20. The van der Waals surface area contributed by atoms with E-state index in [0.29, 0.717) is 12.0 Å². The molecule has 1 saturated heterocycles. The molecule has 15 heavy (non-hydrogen) atoms. The molecule has 84 valence electrons. The first-order valence-electron chi connectivity index (χ1n) is 5.67. The molecule has 1 atom stereocenters. The van der Waals surface area contributed by atoms with Crippen molar-refractivity contribution in [2.45, 2.75) is 45.1 Å².